The average Bonchev–Trinajstić information content (AvgIpc) is 2.92. The molecular weight excluding hydrogens is 278 g/mol. The lowest BCUT2D eigenvalue weighted by atomic mass is 10.1. The first-order valence-corrected chi connectivity index (χ1v) is 8.00. The molecule has 122 valence electrons. The minimum atomic E-state index is -0.458. The fraction of sp³-hybridized carbons (Fsp3) is 0.647. The van der Waals surface area contributed by atoms with E-state index in [4.69, 9.17) is 4.74 Å². The Labute approximate surface area is 133 Å². The minimum Gasteiger partial charge on any atom is -0.444 e. The summed E-state index contributed by atoms with van der Waals surface area (Å²) in [6.07, 6.45) is 3.73. The van der Waals surface area contributed by atoms with Crippen LogP contribution in [0.25, 0.3) is 0 Å². The zero-order valence-corrected chi connectivity index (χ0v) is 14.0. The number of likely N-dealkylation sites (tertiary alicyclic amines) is 1. The Hall–Kier alpha value is -1.62. The summed E-state index contributed by atoms with van der Waals surface area (Å²) in [6.45, 7) is 9.45. The highest BCUT2D eigenvalue weighted by atomic mass is 16.6. The molecule has 22 heavy (non-hydrogen) atoms. The van der Waals surface area contributed by atoms with Gasteiger partial charge in [0.05, 0.1) is 5.69 Å². The summed E-state index contributed by atoms with van der Waals surface area (Å²) in [5.41, 5.74) is 0.618. The summed E-state index contributed by atoms with van der Waals surface area (Å²) in [7, 11) is 0. The van der Waals surface area contributed by atoms with Crippen LogP contribution in [0.2, 0.25) is 0 Å². The van der Waals surface area contributed by atoms with E-state index in [1.165, 1.54) is 0 Å². The second-order valence-electron chi connectivity index (χ2n) is 6.85. The van der Waals surface area contributed by atoms with Crippen LogP contribution in [-0.2, 0) is 4.74 Å². The second-order valence-corrected chi connectivity index (χ2v) is 6.85. The van der Waals surface area contributed by atoms with E-state index in [0.717, 1.165) is 25.1 Å². The Kier molecular flexibility index (Phi) is 5.40. The number of nitrogens with one attached hydrogen (secondary N) is 1. The molecule has 2 rings (SSSR count). The molecule has 1 aliphatic heterocycles. The normalized spacial score (nSPS) is 20.6. The maximum Gasteiger partial charge on any atom is 0.407 e. The summed E-state index contributed by atoms with van der Waals surface area (Å²) in [5, 5.41) is 2.89. The summed E-state index contributed by atoms with van der Waals surface area (Å²) >= 11 is 0. The molecule has 1 aromatic rings. The maximum absolute atomic E-state index is 11.8. The Morgan fingerprint density at radius 3 is 2.91 bits per heavy atom. The molecule has 5 nitrogen and oxygen atoms in total. The van der Waals surface area contributed by atoms with E-state index in [1.807, 2.05) is 39.1 Å². The smallest absolute Gasteiger partial charge is 0.407 e. The Morgan fingerprint density at radius 1 is 1.50 bits per heavy atom. The van der Waals surface area contributed by atoms with E-state index in [1.54, 1.807) is 0 Å². The lowest BCUT2D eigenvalue weighted by molar-refractivity contribution is 0.0507. The highest BCUT2D eigenvalue weighted by Gasteiger charge is 2.30. The Morgan fingerprint density at radius 2 is 2.27 bits per heavy atom. The van der Waals surface area contributed by atoms with Crippen molar-refractivity contribution in [2.24, 2.45) is 0 Å². The molecule has 1 aliphatic rings. The molecule has 0 bridgehead atoms. The van der Waals surface area contributed by atoms with E-state index in [2.05, 4.69) is 28.2 Å². The molecule has 1 aromatic heterocycles. The molecule has 2 atom stereocenters. The number of nitrogens with zero attached hydrogens (tertiary/aromatic N) is 2. The van der Waals surface area contributed by atoms with Gasteiger partial charge >= 0.3 is 6.09 Å². The third kappa shape index (κ3) is 4.70. The van der Waals surface area contributed by atoms with Crippen molar-refractivity contribution >= 4 is 6.09 Å². The largest absolute Gasteiger partial charge is 0.444 e. The van der Waals surface area contributed by atoms with Crippen molar-refractivity contribution in [2.75, 3.05) is 13.1 Å². The monoisotopic (exact) mass is 305 g/mol. The number of alkyl carbamates (subject to hydrolysis) is 1. The molecule has 5 heteroatoms. The molecule has 0 saturated carbocycles. The molecule has 1 fully saturated rings. The number of carbonyl (C=O) groups excluding carboxylic acids is 1. The number of aromatic nitrogens is 1. The first kappa shape index (κ1) is 16.7. The van der Waals surface area contributed by atoms with Gasteiger partial charge in [0.25, 0.3) is 0 Å². The van der Waals surface area contributed by atoms with Crippen molar-refractivity contribution in [3.05, 3.63) is 30.1 Å². The highest BCUT2D eigenvalue weighted by Crippen LogP contribution is 2.27. The number of carbonyl (C=O) groups is 1. The fourth-order valence-corrected chi connectivity index (χ4v) is 2.90. The van der Waals surface area contributed by atoms with E-state index >= 15 is 0 Å². The van der Waals surface area contributed by atoms with Crippen molar-refractivity contribution in [1.82, 2.24) is 15.2 Å². The van der Waals surface area contributed by atoms with Crippen LogP contribution in [0, 0.1) is 0 Å². The molecule has 0 unspecified atom stereocenters. The number of amides is 1. The summed E-state index contributed by atoms with van der Waals surface area (Å²) < 4.78 is 5.30. The van der Waals surface area contributed by atoms with Crippen LogP contribution in [0.1, 0.15) is 52.3 Å². The van der Waals surface area contributed by atoms with Gasteiger partial charge in [-0.2, -0.15) is 0 Å². The SMILES string of the molecule is C[C@H](c1ccccn1)N1CCC[C@H]1CNC(=O)OC(C)(C)C. The predicted octanol–water partition coefficient (Wildman–Crippen LogP) is 3.13. The van der Waals surface area contributed by atoms with Crippen LogP contribution in [0.3, 0.4) is 0 Å². The number of hydrogen-bond acceptors (Lipinski definition) is 4. The third-order valence-corrected chi connectivity index (χ3v) is 3.92. The van der Waals surface area contributed by atoms with E-state index in [0.29, 0.717) is 12.6 Å². The topological polar surface area (TPSA) is 54.5 Å². The van der Waals surface area contributed by atoms with Crippen molar-refractivity contribution in [2.45, 2.75) is 58.2 Å². The van der Waals surface area contributed by atoms with Gasteiger partial charge in [-0.3, -0.25) is 9.88 Å². The molecule has 0 spiro atoms. The van der Waals surface area contributed by atoms with Crippen LogP contribution in [0.4, 0.5) is 4.79 Å². The lowest BCUT2D eigenvalue weighted by Gasteiger charge is -2.30. The molecule has 2 heterocycles. The Balaban J connectivity index is 1.90. The van der Waals surface area contributed by atoms with Gasteiger partial charge in [0.1, 0.15) is 5.60 Å². The minimum absolute atomic E-state index is 0.258. The fourth-order valence-electron chi connectivity index (χ4n) is 2.90. The standard InChI is InChI=1S/C17H27N3O2/c1-13(15-9-5-6-10-18-15)20-11-7-8-14(20)12-19-16(21)22-17(2,3)4/h5-6,9-10,13-14H,7-8,11-12H2,1-4H3,(H,19,21)/t13-,14+/m1/s1. The van der Waals surface area contributed by atoms with E-state index in [-0.39, 0.29) is 12.1 Å². The average molecular weight is 305 g/mol. The number of pyridine rings is 1. The molecule has 1 N–H and O–H groups in total. The van der Waals surface area contributed by atoms with Gasteiger partial charge in [0.2, 0.25) is 0 Å². The van der Waals surface area contributed by atoms with Crippen molar-refractivity contribution in [3.63, 3.8) is 0 Å². The summed E-state index contributed by atoms with van der Waals surface area (Å²) in [6, 6.07) is 6.60. The molecule has 1 amide bonds. The van der Waals surface area contributed by atoms with E-state index < -0.39 is 5.60 Å². The summed E-state index contributed by atoms with van der Waals surface area (Å²) in [4.78, 5) is 18.7. The summed E-state index contributed by atoms with van der Waals surface area (Å²) in [5.74, 6) is 0. The number of hydrogen-bond donors (Lipinski definition) is 1. The molecular formula is C17H27N3O2. The van der Waals surface area contributed by atoms with Crippen LogP contribution in [0.5, 0.6) is 0 Å². The molecule has 1 saturated heterocycles. The molecule has 0 aliphatic carbocycles. The zero-order chi connectivity index (χ0) is 16.2. The van der Waals surface area contributed by atoms with Gasteiger partial charge in [-0.05, 0) is 59.2 Å². The van der Waals surface area contributed by atoms with Gasteiger partial charge in [-0.1, -0.05) is 6.07 Å². The van der Waals surface area contributed by atoms with Gasteiger partial charge in [-0.25, -0.2) is 4.79 Å². The van der Waals surface area contributed by atoms with Crippen LogP contribution in [-0.4, -0.2) is 40.7 Å². The lowest BCUT2D eigenvalue weighted by Crippen LogP contribution is -2.43. The van der Waals surface area contributed by atoms with Gasteiger partial charge in [0.15, 0.2) is 0 Å². The highest BCUT2D eigenvalue weighted by molar-refractivity contribution is 5.67. The van der Waals surface area contributed by atoms with Crippen molar-refractivity contribution < 1.29 is 9.53 Å². The van der Waals surface area contributed by atoms with Gasteiger partial charge < -0.3 is 10.1 Å². The maximum atomic E-state index is 11.8. The first-order chi connectivity index (χ1) is 10.4. The quantitative estimate of drug-likeness (QED) is 0.928. The number of rotatable bonds is 4. The van der Waals surface area contributed by atoms with Crippen LogP contribution in [0.15, 0.2) is 24.4 Å². The van der Waals surface area contributed by atoms with Gasteiger partial charge in [0, 0.05) is 24.8 Å². The molecule has 0 radical (unpaired) electrons. The Bertz CT molecular complexity index is 484. The van der Waals surface area contributed by atoms with E-state index in [9.17, 15) is 4.79 Å². The van der Waals surface area contributed by atoms with Crippen molar-refractivity contribution in [1.29, 1.82) is 0 Å². The van der Waals surface area contributed by atoms with Crippen LogP contribution < -0.4 is 5.32 Å². The van der Waals surface area contributed by atoms with Gasteiger partial charge in [-0.15, -0.1) is 0 Å². The number of ether oxygens (including phenoxy) is 1. The third-order valence-electron chi connectivity index (χ3n) is 3.92. The van der Waals surface area contributed by atoms with Crippen molar-refractivity contribution in [3.8, 4) is 0 Å². The predicted molar refractivity (Wildman–Crippen MR) is 86.6 cm³/mol. The molecule has 0 aromatic carbocycles. The second kappa shape index (κ2) is 7.09. The first-order valence-electron chi connectivity index (χ1n) is 8.00. The zero-order valence-electron chi connectivity index (χ0n) is 14.0. The van der Waals surface area contributed by atoms with Crippen LogP contribution >= 0.6 is 0 Å².